The number of carbonyl (C=O) groups is 1. The van der Waals surface area contributed by atoms with Crippen molar-refractivity contribution < 1.29 is 4.79 Å². The molecule has 1 amide bonds. The van der Waals surface area contributed by atoms with Gasteiger partial charge in [0.15, 0.2) is 0 Å². The Hall–Kier alpha value is -1.35. The topological polar surface area (TPSA) is 32.3 Å². The number of rotatable bonds is 3. The van der Waals surface area contributed by atoms with E-state index in [1.54, 1.807) is 0 Å². The van der Waals surface area contributed by atoms with Crippen molar-refractivity contribution in [1.82, 2.24) is 4.90 Å². The molecule has 1 aromatic rings. The second-order valence-electron chi connectivity index (χ2n) is 5.50. The largest absolute Gasteiger partial charge is 0.325 e. The highest BCUT2D eigenvalue weighted by Crippen LogP contribution is 2.36. The van der Waals surface area contributed by atoms with Crippen molar-refractivity contribution in [2.24, 2.45) is 0 Å². The highest BCUT2D eigenvalue weighted by molar-refractivity contribution is 5.93. The summed E-state index contributed by atoms with van der Waals surface area (Å²) in [6.45, 7) is 2.58. The summed E-state index contributed by atoms with van der Waals surface area (Å²) in [5, 5.41) is 3.03. The third kappa shape index (κ3) is 2.15. The predicted octanol–water partition coefficient (Wildman–Crippen LogP) is 2.56. The molecule has 2 aliphatic rings. The van der Waals surface area contributed by atoms with Gasteiger partial charge in [-0.15, -0.1) is 0 Å². The maximum atomic E-state index is 12.1. The molecule has 1 N–H and O–H groups in total. The molecular formula is C15H20N2O. The number of fused-ring (bicyclic) bond motifs is 2. The Kier molecular flexibility index (Phi) is 3.08. The quantitative estimate of drug-likeness (QED) is 0.886. The van der Waals surface area contributed by atoms with E-state index in [-0.39, 0.29) is 5.91 Å². The van der Waals surface area contributed by atoms with Crippen LogP contribution >= 0.6 is 0 Å². The summed E-state index contributed by atoms with van der Waals surface area (Å²) in [6.07, 6.45) is 5.12. The van der Waals surface area contributed by atoms with E-state index >= 15 is 0 Å². The Bertz CT molecular complexity index is 438. The van der Waals surface area contributed by atoms with Crippen LogP contribution in [0.1, 0.15) is 31.2 Å². The van der Waals surface area contributed by atoms with Crippen LogP contribution in [0.5, 0.6) is 0 Å². The number of benzene rings is 1. The first-order valence-electron chi connectivity index (χ1n) is 6.85. The number of para-hydroxylation sites is 1. The molecule has 2 heterocycles. The molecule has 2 bridgehead atoms. The van der Waals surface area contributed by atoms with Crippen molar-refractivity contribution >= 4 is 11.6 Å². The molecule has 3 heteroatoms. The zero-order valence-corrected chi connectivity index (χ0v) is 10.9. The number of hydrogen-bond acceptors (Lipinski definition) is 2. The molecule has 0 radical (unpaired) electrons. The molecule has 0 aliphatic carbocycles. The summed E-state index contributed by atoms with van der Waals surface area (Å²) in [4.78, 5) is 14.5. The van der Waals surface area contributed by atoms with Gasteiger partial charge in [-0.1, -0.05) is 18.2 Å². The van der Waals surface area contributed by atoms with Gasteiger partial charge in [-0.25, -0.2) is 0 Å². The third-order valence-corrected chi connectivity index (χ3v) is 4.35. The van der Waals surface area contributed by atoms with Crippen LogP contribution in [0.4, 0.5) is 5.69 Å². The number of carbonyl (C=O) groups excluding carboxylic acids is 1. The van der Waals surface area contributed by atoms with Crippen LogP contribution in [0, 0.1) is 6.92 Å². The number of hydrogen-bond donors (Lipinski definition) is 1. The van der Waals surface area contributed by atoms with Gasteiger partial charge in [0.1, 0.15) is 0 Å². The summed E-state index contributed by atoms with van der Waals surface area (Å²) in [7, 11) is 0. The smallest absolute Gasteiger partial charge is 0.238 e. The lowest BCUT2D eigenvalue weighted by Crippen LogP contribution is -2.36. The third-order valence-electron chi connectivity index (χ3n) is 4.35. The monoisotopic (exact) mass is 244 g/mol. The van der Waals surface area contributed by atoms with Gasteiger partial charge in [-0.2, -0.15) is 0 Å². The lowest BCUT2D eigenvalue weighted by molar-refractivity contribution is -0.117. The predicted molar refractivity (Wildman–Crippen MR) is 72.6 cm³/mol. The minimum Gasteiger partial charge on any atom is -0.325 e. The normalized spacial score (nSPS) is 26.5. The van der Waals surface area contributed by atoms with Crippen LogP contribution in [0.15, 0.2) is 24.3 Å². The van der Waals surface area contributed by atoms with Gasteiger partial charge < -0.3 is 5.32 Å². The molecule has 3 rings (SSSR count). The first kappa shape index (κ1) is 11.7. The van der Waals surface area contributed by atoms with Gasteiger partial charge >= 0.3 is 0 Å². The van der Waals surface area contributed by atoms with E-state index in [0.29, 0.717) is 18.6 Å². The van der Waals surface area contributed by atoms with Gasteiger partial charge in [0, 0.05) is 17.8 Å². The van der Waals surface area contributed by atoms with Crippen LogP contribution in [-0.4, -0.2) is 29.4 Å². The first-order valence-corrected chi connectivity index (χ1v) is 6.85. The number of aryl methyl sites for hydroxylation is 1. The van der Waals surface area contributed by atoms with Gasteiger partial charge in [-0.3, -0.25) is 9.69 Å². The average molecular weight is 244 g/mol. The minimum absolute atomic E-state index is 0.128. The summed E-state index contributed by atoms with van der Waals surface area (Å²) >= 11 is 0. The summed E-state index contributed by atoms with van der Waals surface area (Å²) in [6, 6.07) is 9.27. The fourth-order valence-electron chi connectivity index (χ4n) is 3.35. The molecule has 96 valence electrons. The lowest BCUT2D eigenvalue weighted by atomic mass is 10.0. The van der Waals surface area contributed by atoms with E-state index < -0.39 is 0 Å². The number of nitrogens with zero attached hydrogens (tertiary/aromatic N) is 1. The molecule has 1 aromatic carbocycles. The Morgan fingerprint density at radius 2 is 1.83 bits per heavy atom. The van der Waals surface area contributed by atoms with E-state index in [2.05, 4.69) is 10.2 Å². The van der Waals surface area contributed by atoms with Crippen LogP contribution in [0.25, 0.3) is 0 Å². The zero-order chi connectivity index (χ0) is 12.5. The van der Waals surface area contributed by atoms with E-state index in [4.69, 9.17) is 0 Å². The average Bonchev–Trinajstić information content (AvgIpc) is 2.92. The standard InChI is InChI=1S/C15H20N2O/c1-11-4-2-3-5-14(11)16-15(18)10-17-12-6-7-13(17)9-8-12/h2-5,12-13H,6-10H2,1H3,(H,16,18). The number of amides is 1. The molecule has 18 heavy (non-hydrogen) atoms. The SMILES string of the molecule is Cc1ccccc1NC(=O)CN1C2CCC1CC2. The zero-order valence-electron chi connectivity index (χ0n) is 10.9. The van der Waals surface area contributed by atoms with Crippen LogP contribution in [0.2, 0.25) is 0 Å². The van der Waals surface area contributed by atoms with Crippen molar-refractivity contribution in [3.05, 3.63) is 29.8 Å². The Balaban J connectivity index is 1.61. The van der Waals surface area contributed by atoms with Crippen molar-refractivity contribution in [3.63, 3.8) is 0 Å². The molecule has 3 nitrogen and oxygen atoms in total. The van der Waals surface area contributed by atoms with Gasteiger partial charge in [-0.05, 0) is 44.2 Å². The van der Waals surface area contributed by atoms with Crippen molar-refractivity contribution in [2.75, 3.05) is 11.9 Å². The van der Waals surface area contributed by atoms with E-state index in [0.717, 1.165) is 11.3 Å². The van der Waals surface area contributed by atoms with Crippen molar-refractivity contribution in [1.29, 1.82) is 0 Å². The van der Waals surface area contributed by atoms with Crippen LogP contribution < -0.4 is 5.32 Å². The Morgan fingerprint density at radius 3 is 2.44 bits per heavy atom. The Morgan fingerprint density at radius 1 is 1.22 bits per heavy atom. The molecule has 0 aromatic heterocycles. The lowest BCUT2D eigenvalue weighted by Gasteiger charge is -2.21. The maximum absolute atomic E-state index is 12.1. The molecule has 0 unspecified atom stereocenters. The molecular weight excluding hydrogens is 224 g/mol. The minimum atomic E-state index is 0.128. The van der Waals surface area contributed by atoms with Gasteiger partial charge in [0.05, 0.1) is 6.54 Å². The molecule has 0 spiro atoms. The second kappa shape index (κ2) is 4.73. The van der Waals surface area contributed by atoms with Gasteiger partial charge in [0.25, 0.3) is 0 Å². The summed E-state index contributed by atoms with van der Waals surface area (Å²) < 4.78 is 0. The van der Waals surface area contributed by atoms with Gasteiger partial charge in [0.2, 0.25) is 5.91 Å². The number of nitrogens with one attached hydrogen (secondary N) is 1. The number of anilines is 1. The van der Waals surface area contributed by atoms with E-state index in [1.165, 1.54) is 25.7 Å². The van der Waals surface area contributed by atoms with Crippen molar-refractivity contribution in [2.45, 2.75) is 44.7 Å². The van der Waals surface area contributed by atoms with Crippen molar-refractivity contribution in [3.8, 4) is 0 Å². The highest BCUT2D eigenvalue weighted by Gasteiger charge is 2.39. The first-order chi connectivity index (χ1) is 8.74. The molecule has 2 aliphatic heterocycles. The fraction of sp³-hybridized carbons (Fsp3) is 0.533. The van der Waals surface area contributed by atoms with Crippen LogP contribution in [-0.2, 0) is 4.79 Å². The van der Waals surface area contributed by atoms with E-state index in [9.17, 15) is 4.79 Å². The summed E-state index contributed by atoms with van der Waals surface area (Å²) in [5.74, 6) is 0.128. The maximum Gasteiger partial charge on any atom is 0.238 e. The second-order valence-corrected chi connectivity index (χ2v) is 5.50. The molecule has 0 saturated carbocycles. The Labute approximate surface area is 108 Å². The highest BCUT2D eigenvalue weighted by atomic mass is 16.2. The molecule has 0 atom stereocenters. The van der Waals surface area contributed by atoms with E-state index in [1.807, 2.05) is 31.2 Å². The fourth-order valence-corrected chi connectivity index (χ4v) is 3.35. The van der Waals surface area contributed by atoms with Crippen LogP contribution in [0.3, 0.4) is 0 Å². The summed E-state index contributed by atoms with van der Waals surface area (Å²) in [5.41, 5.74) is 2.06. The molecule has 2 fully saturated rings. The molecule has 2 saturated heterocycles.